The van der Waals surface area contributed by atoms with Crippen LogP contribution in [0.4, 0.5) is 5.69 Å². The molecule has 2 aromatic carbocycles. The van der Waals surface area contributed by atoms with Gasteiger partial charge in [-0.3, -0.25) is 9.59 Å². The number of hydrogen-bond donors (Lipinski definition) is 1. The van der Waals surface area contributed by atoms with E-state index in [1.165, 1.54) is 12.1 Å². The van der Waals surface area contributed by atoms with Crippen molar-refractivity contribution in [1.29, 1.82) is 0 Å². The van der Waals surface area contributed by atoms with E-state index in [1.54, 1.807) is 36.7 Å². The van der Waals surface area contributed by atoms with Crippen LogP contribution in [0.15, 0.2) is 53.3 Å². The van der Waals surface area contributed by atoms with E-state index in [1.807, 2.05) is 0 Å². The summed E-state index contributed by atoms with van der Waals surface area (Å²) in [4.78, 5) is 33.9. The number of carbonyl (C=O) groups excluding carboxylic acids is 2. The molecule has 1 heterocycles. The summed E-state index contributed by atoms with van der Waals surface area (Å²) in [5.41, 5.74) is 1.28. The van der Waals surface area contributed by atoms with Crippen molar-refractivity contribution >= 4 is 91.3 Å². The Hall–Kier alpha value is -1.41. The normalized spacial score (nSPS) is 18.6. The quantitative estimate of drug-likeness (QED) is 0.238. The molecule has 0 saturated heterocycles. The van der Waals surface area contributed by atoms with E-state index in [9.17, 15) is 9.59 Å². The number of rotatable bonds is 6. The van der Waals surface area contributed by atoms with Gasteiger partial charge in [0.05, 0.1) is 21.8 Å². The van der Waals surface area contributed by atoms with Gasteiger partial charge in [-0.25, -0.2) is 9.97 Å². The summed E-state index contributed by atoms with van der Waals surface area (Å²) in [6, 6.07) is 9.55. The Morgan fingerprint density at radius 2 is 1.64 bits per heavy atom. The molecule has 1 aliphatic carbocycles. The zero-order chi connectivity index (χ0) is 23.9. The number of nitrogens with one attached hydrogen (secondary N) is 1. The van der Waals surface area contributed by atoms with Crippen molar-refractivity contribution in [2.45, 2.75) is 16.7 Å². The maximum absolute atomic E-state index is 12.9. The first-order chi connectivity index (χ1) is 15.6. The average Bonchev–Trinajstić information content (AvgIpc) is 3.32. The molecule has 0 bridgehead atoms. The third-order valence-electron chi connectivity index (χ3n) is 5.11. The summed E-state index contributed by atoms with van der Waals surface area (Å²) in [6.45, 7) is 0. The number of nitrogens with zero attached hydrogens (tertiary/aromatic N) is 2. The Kier molecular flexibility index (Phi) is 7.25. The van der Waals surface area contributed by atoms with Gasteiger partial charge in [-0.15, -0.1) is 23.2 Å². The van der Waals surface area contributed by atoms with Crippen LogP contribution >= 0.6 is 73.9 Å². The lowest BCUT2D eigenvalue weighted by atomic mass is 10.1. The molecule has 2 unspecified atom stereocenters. The number of amides is 1. The van der Waals surface area contributed by atoms with Crippen LogP contribution < -0.4 is 5.32 Å². The first-order valence-electron chi connectivity index (χ1n) is 9.50. The van der Waals surface area contributed by atoms with Crippen LogP contribution in [0, 0.1) is 5.92 Å². The fraction of sp³-hybridized carbons (Fsp3) is 0.182. The van der Waals surface area contributed by atoms with Crippen LogP contribution in [-0.4, -0.2) is 26.0 Å². The second kappa shape index (κ2) is 9.68. The van der Waals surface area contributed by atoms with Crippen LogP contribution in [0.5, 0.6) is 0 Å². The summed E-state index contributed by atoms with van der Waals surface area (Å²) in [5, 5.41) is 3.85. The monoisotopic (exact) mass is 605 g/mol. The van der Waals surface area contributed by atoms with Gasteiger partial charge in [0.25, 0.3) is 0 Å². The number of ketones is 1. The van der Waals surface area contributed by atoms with E-state index in [0.29, 0.717) is 31.6 Å². The molecule has 1 amide bonds. The summed E-state index contributed by atoms with van der Waals surface area (Å²) in [7, 11) is 0. The minimum Gasteiger partial charge on any atom is -0.326 e. The summed E-state index contributed by atoms with van der Waals surface area (Å²) >= 11 is 34.4. The third kappa shape index (κ3) is 5.47. The number of hydrogen-bond acceptors (Lipinski definition) is 4. The highest BCUT2D eigenvalue weighted by molar-refractivity contribution is 9.10. The molecule has 1 aliphatic rings. The van der Waals surface area contributed by atoms with Crippen molar-refractivity contribution < 1.29 is 9.59 Å². The Morgan fingerprint density at radius 1 is 1.00 bits per heavy atom. The molecule has 1 aromatic heterocycles. The molecule has 1 fully saturated rings. The van der Waals surface area contributed by atoms with E-state index < -0.39 is 22.1 Å². The van der Waals surface area contributed by atoms with Crippen molar-refractivity contribution in [2.75, 3.05) is 5.32 Å². The molecule has 170 valence electrons. The van der Waals surface area contributed by atoms with Crippen LogP contribution in [0.1, 0.15) is 27.7 Å². The Morgan fingerprint density at radius 3 is 2.27 bits per heavy atom. The molecule has 0 aliphatic heterocycles. The predicted molar refractivity (Wildman–Crippen MR) is 135 cm³/mol. The average molecular weight is 609 g/mol. The largest absolute Gasteiger partial charge is 0.326 e. The molecule has 33 heavy (non-hydrogen) atoms. The van der Waals surface area contributed by atoms with Crippen LogP contribution in [0.3, 0.4) is 0 Å². The fourth-order valence-electron chi connectivity index (χ4n) is 3.53. The van der Waals surface area contributed by atoms with Crippen LogP contribution in [-0.2, 0) is 11.2 Å². The topological polar surface area (TPSA) is 72.0 Å². The van der Waals surface area contributed by atoms with E-state index in [-0.39, 0.29) is 22.8 Å². The van der Waals surface area contributed by atoms with Gasteiger partial charge >= 0.3 is 0 Å². The number of Topliss-reactive ketones (excluding diaryl/α,β-unsaturated/α-hetero) is 1. The molecule has 1 N–H and O–H groups in total. The number of anilines is 1. The van der Waals surface area contributed by atoms with Crippen LogP contribution in [0.2, 0.25) is 15.1 Å². The van der Waals surface area contributed by atoms with Crippen LogP contribution in [0.25, 0.3) is 0 Å². The first kappa shape index (κ1) is 24.7. The number of aromatic nitrogens is 2. The van der Waals surface area contributed by atoms with Crippen molar-refractivity contribution in [2.24, 2.45) is 5.92 Å². The highest BCUT2D eigenvalue weighted by Crippen LogP contribution is 2.65. The van der Waals surface area contributed by atoms with E-state index in [4.69, 9.17) is 58.0 Å². The lowest BCUT2D eigenvalue weighted by Gasteiger charge is -2.09. The second-order valence-corrected chi connectivity index (χ2v) is 11.1. The molecule has 2 atom stereocenters. The zero-order valence-corrected chi connectivity index (χ0v) is 21.8. The third-order valence-corrected chi connectivity index (χ3v) is 7.22. The van der Waals surface area contributed by atoms with Crippen molar-refractivity contribution in [3.05, 3.63) is 85.3 Å². The van der Waals surface area contributed by atoms with Crippen molar-refractivity contribution in [1.82, 2.24) is 9.97 Å². The maximum atomic E-state index is 12.9. The van der Waals surface area contributed by atoms with Gasteiger partial charge in [-0.05, 0) is 57.9 Å². The minimum atomic E-state index is -1.32. The number of halogens is 6. The van der Waals surface area contributed by atoms with Gasteiger partial charge in [0.1, 0.15) is 10.2 Å². The predicted octanol–water partition coefficient (Wildman–Crippen LogP) is 7.15. The molecule has 11 heteroatoms. The maximum Gasteiger partial charge on any atom is 0.231 e. The standard InChI is InChI=1S/C22H13BrCl5N3O2/c23-11-8-29-18(30-9-11)7-17(32)15-6-14(1-2-16(15)26)31-21(33)20-19(22(20,27)28)10-3-12(24)5-13(25)4-10/h1-6,8-9,19-20H,7H2,(H,31,33). The first-order valence-corrected chi connectivity index (χ1v) is 12.2. The van der Waals surface area contributed by atoms with Crippen molar-refractivity contribution in [3.63, 3.8) is 0 Å². The van der Waals surface area contributed by atoms with Gasteiger partial charge in [0.2, 0.25) is 5.91 Å². The summed E-state index contributed by atoms with van der Waals surface area (Å²) in [6.07, 6.45) is 3.06. The Balaban J connectivity index is 1.50. The highest BCUT2D eigenvalue weighted by Gasteiger charge is 2.67. The SMILES string of the molecule is O=C(Cc1ncc(Br)cn1)c1cc(NC(=O)C2C(c3cc(Cl)cc(Cl)c3)C2(Cl)Cl)ccc1Cl. The molecular formula is C22H13BrCl5N3O2. The highest BCUT2D eigenvalue weighted by atomic mass is 79.9. The summed E-state index contributed by atoms with van der Waals surface area (Å²) < 4.78 is -0.614. The molecule has 1 saturated carbocycles. The molecule has 4 rings (SSSR count). The Labute approximate surface area is 222 Å². The number of benzene rings is 2. The number of alkyl halides is 2. The number of carbonyl (C=O) groups is 2. The zero-order valence-electron chi connectivity index (χ0n) is 16.5. The van der Waals surface area contributed by atoms with Gasteiger partial charge in [0, 0.05) is 39.6 Å². The minimum absolute atomic E-state index is 0.0445. The smallest absolute Gasteiger partial charge is 0.231 e. The van der Waals surface area contributed by atoms with E-state index in [0.717, 1.165) is 0 Å². The lowest BCUT2D eigenvalue weighted by Crippen LogP contribution is -2.17. The van der Waals surface area contributed by atoms with Gasteiger partial charge in [-0.1, -0.05) is 34.8 Å². The molecular weight excluding hydrogens is 595 g/mol. The van der Waals surface area contributed by atoms with E-state index in [2.05, 4.69) is 31.2 Å². The molecule has 5 nitrogen and oxygen atoms in total. The second-order valence-electron chi connectivity index (χ2n) is 7.43. The molecule has 0 spiro atoms. The van der Waals surface area contributed by atoms with Gasteiger partial charge in [-0.2, -0.15) is 0 Å². The van der Waals surface area contributed by atoms with E-state index >= 15 is 0 Å². The fourth-order valence-corrected chi connectivity index (χ4v) is 5.33. The molecule has 0 radical (unpaired) electrons. The van der Waals surface area contributed by atoms with Gasteiger partial charge in [0.15, 0.2) is 5.78 Å². The Bertz CT molecular complexity index is 1230. The lowest BCUT2D eigenvalue weighted by molar-refractivity contribution is -0.117. The molecule has 3 aromatic rings. The van der Waals surface area contributed by atoms with Gasteiger partial charge < -0.3 is 5.32 Å². The summed E-state index contributed by atoms with van der Waals surface area (Å²) in [5.74, 6) is -1.57. The van der Waals surface area contributed by atoms with Crippen molar-refractivity contribution in [3.8, 4) is 0 Å².